The Morgan fingerprint density at radius 2 is 1.81 bits per heavy atom. The summed E-state index contributed by atoms with van der Waals surface area (Å²) in [6, 6.07) is 11.0. The molecule has 21 heavy (non-hydrogen) atoms. The normalized spacial score (nSPS) is 12.4. The van der Waals surface area contributed by atoms with E-state index in [4.69, 9.17) is 11.6 Å². The minimum absolute atomic E-state index is 0.145. The summed E-state index contributed by atoms with van der Waals surface area (Å²) in [5.74, 6) is -1.11. The minimum atomic E-state index is -0.556. The van der Waals surface area contributed by atoms with Crippen LogP contribution in [0.3, 0.4) is 0 Å². The Bertz CT molecular complexity index is 581. The van der Waals surface area contributed by atoms with Crippen molar-refractivity contribution < 1.29 is 8.78 Å². The lowest BCUT2D eigenvalue weighted by Gasteiger charge is -2.19. The number of benzene rings is 2. The molecule has 0 aliphatic heterocycles. The highest BCUT2D eigenvalue weighted by atomic mass is 35.5. The van der Waals surface area contributed by atoms with Crippen LogP contribution in [-0.4, -0.2) is 6.54 Å². The molecule has 1 unspecified atom stereocenters. The largest absolute Gasteiger partial charge is 0.310 e. The van der Waals surface area contributed by atoms with Gasteiger partial charge < -0.3 is 5.32 Å². The quantitative estimate of drug-likeness (QED) is 0.800. The van der Waals surface area contributed by atoms with Crippen LogP contribution in [0.2, 0.25) is 5.02 Å². The monoisotopic (exact) mass is 309 g/mol. The summed E-state index contributed by atoms with van der Waals surface area (Å²) in [6.45, 7) is 2.83. The zero-order valence-corrected chi connectivity index (χ0v) is 12.6. The first kappa shape index (κ1) is 15.9. The predicted octanol–water partition coefficient (Wildman–Crippen LogP) is 4.90. The van der Waals surface area contributed by atoms with E-state index in [9.17, 15) is 8.78 Å². The minimum Gasteiger partial charge on any atom is -0.310 e. The Labute approximate surface area is 128 Å². The first-order valence-electron chi connectivity index (χ1n) is 7.02. The fraction of sp³-hybridized carbons (Fsp3) is 0.294. The highest BCUT2D eigenvalue weighted by molar-refractivity contribution is 6.30. The van der Waals surface area contributed by atoms with Gasteiger partial charge in [-0.15, -0.1) is 0 Å². The highest BCUT2D eigenvalue weighted by Crippen LogP contribution is 2.22. The molecule has 0 saturated heterocycles. The van der Waals surface area contributed by atoms with Crippen LogP contribution in [0.4, 0.5) is 8.78 Å². The van der Waals surface area contributed by atoms with Gasteiger partial charge in [0.2, 0.25) is 0 Å². The van der Waals surface area contributed by atoms with Crippen LogP contribution >= 0.6 is 11.6 Å². The van der Waals surface area contributed by atoms with Gasteiger partial charge in [-0.05, 0) is 54.8 Å². The molecule has 1 N–H and O–H groups in total. The van der Waals surface area contributed by atoms with Crippen molar-refractivity contribution in [3.05, 3.63) is 70.2 Å². The Hall–Kier alpha value is -1.45. The maximum absolute atomic E-state index is 13.4. The summed E-state index contributed by atoms with van der Waals surface area (Å²) in [4.78, 5) is 0. The van der Waals surface area contributed by atoms with Crippen LogP contribution in [0.1, 0.15) is 30.5 Å². The molecular weight excluding hydrogens is 292 g/mol. The lowest BCUT2D eigenvalue weighted by molar-refractivity contribution is 0.515. The van der Waals surface area contributed by atoms with Gasteiger partial charge in [0, 0.05) is 17.1 Å². The second kappa shape index (κ2) is 7.53. The SMILES string of the molecule is CCCNC(Cc1cccc(Cl)c1)c1cc(F)cc(F)c1. The maximum atomic E-state index is 13.4. The molecule has 1 atom stereocenters. The van der Waals surface area contributed by atoms with E-state index in [1.165, 1.54) is 12.1 Å². The molecule has 0 aliphatic rings. The van der Waals surface area contributed by atoms with Gasteiger partial charge in [-0.2, -0.15) is 0 Å². The predicted molar refractivity (Wildman–Crippen MR) is 82.5 cm³/mol. The number of rotatable bonds is 6. The van der Waals surface area contributed by atoms with E-state index in [1.54, 1.807) is 6.07 Å². The van der Waals surface area contributed by atoms with Crippen LogP contribution in [0, 0.1) is 11.6 Å². The third kappa shape index (κ3) is 4.80. The molecule has 1 nitrogen and oxygen atoms in total. The molecule has 0 spiro atoms. The molecule has 0 aliphatic carbocycles. The van der Waals surface area contributed by atoms with E-state index < -0.39 is 11.6 Å². The van der Waals surface area contributed by atoms with Crippen molar-refractivity contribution in [2.45, 2.75) is 25.8 Å². The number of halogens is 3. The Morgan fingerprint density at radius 3 is 2.43 bits per heavy atom. The van der Waals surface area contributed by atoms with E-state index in [0.717, 1.165) is 24.6 Å². The van der Waals surface area contributed by atoms with Gasteiger partial charge in [0.05, 0.1) is 0 Å². The number of nitrogens with one attached hydrogen (secondary N) is 1. The number of hydrogen-bond acceptors (Lipinski definition) is 1. The van der Waals surface area contributed by atoms with Crippen LogP contribution < -0.4 is 5.32 Å². The topological polar surface area (TPSA) is 12.0 Å². The average Bonchev–Trinajstić information content (AvgIpc) is 2.42. The molecule has 112 valence electrons. The maximum Gasteiger partial charge on any atom is 0.126 e. The van der Waals surface area contributed by atoms with Crippen LogP contribution in [0.25, 0.3) is 0 Å². The van der Waals surface area contributed by atoms with Crippen LogP contribution in [0.5, 0.6) is 0 Å². The van der Waals surface area contributed by atoms with Gasteiger partial charge in [-0.3, -0.25) is 0 Å². The average molecular weight is 310 g/mol. The fourth-order valence-corrected chi connectivity index (χ4v) is 2.52. The molecule has 0 aromatic heterocycles. The zero-order valence-electron chi connectivity index (χ0n) is 11.9. The molecule has 2 aromatic rings. The summed E-state index contributed by atoms with van der Waals surface area (Å²) in [5.41, 5.74) is 1.64. The summed E-state index contributed by atoms with van der Waals surface area (Å²) in [6.07, 6.45) is 1.58. The second-order valence-electron chi connectivity index (χ2n) is 5.04. The van der Waals surface area contributed by atoms with E-state index >= 15 is 0 Å². The first-order valence-corrected chi connectivity index (χ1v) is 7.40. The summed E-state index contributed by atoms with van der Waals surface area (Å²) in [7, 11) is 0. The van der Waals surface area contributed by atoms with Crippen molar-refractivity contribution in [2.24, 2.45) is 0 Å². The van der Waals surface area contributed by atoms with E-state index in [1.807, 2.05) is 18.2 Å². The molecular formula is C17H18ClF2N. The van der Waals surface area contributed by atoms with Gasteiger partial charge in [0.15, 0.2) is 0 Å². The highest BCUT2D eigenvalue weighted by Gasteiger charge is 2.14. The van der Waals surface area contributed by atoms with E-state index in [2.05, 4.69) is 12.2 Å². The Balaban J connectivity index is 2.25. The third-order valence-corrected chi connectivity index (χ3v) is 3.49. The van der Waals surface area contributed by atoms with Crippen LogP contribution in [-0.2, 0) is 6.42 Å². The van der Waals surface area contributed by atoms with Crippen molar-refractivity contribution in [3.63, 3.8) is 0 Å². The van der Waals surface area contributed by atoms with Crippen molar-refractivity contribution in [1.29, 1.82) is 0 Å². The summed E-state index contributed by atoms with van der Waals surface area (Å²) in [5, 5.41) is 3.99. The first-order chi connectivity index (χ1) is 10.1. The molecule has 0 heterocycles. The molecule has 2 aromatic carbocycles. The Morgan fingerprint density at radius 1 is 1.10 bits per heavy atom. The lowest BCUT2D eigenvalue weighted by atomic mass is 9.98. The number of hydrogen-bond donors (Lipinski definition) is 1. The molecule has 0 radical (unpaired) electrons. The van der Waals surface area contributed by atoms with Crippen molar-refractivity contribution >= 4 is 11.6 Å². The summed E-state index contributed by atoms with van der Waals surface area (Å²) >= 11 is 5.99. The lowest BCUT2D eigenvalue weighted by Crippen LogP contribution is -2.24. The standard InChI is InChI=1S/C17H18ClF2N/c1-2-6-21-17(8-12-4-3-5-14(18)7-12)13-9-15(19)11-16(20)10-13/h3-5,7,9-11,17,21H,2,6,8H2,1H3. The fourth-order valence-electron chi connectivity index (χ4n) is 2.30. The van der Waals surface area contributed by atoms with Crippen molar-refractivity contribution in [1.82, 2.24) is 5.32 Å². The zero-order chi connectivity index (χ0) is 15.2. The van der Waals surface area contributed by atoms with Gasteiger partial charge in [0.25, 0.3) is 0 Å². The van der Waals surface area contributed by atoms with Gasteiger partial charge in [-0.1, -0.05) is 30.7 Å². The molecule has 0 saturated carbocycles. The molecule has 0 amide bonds. The smallest absolute Gasteiger partial charge is 0.126 e. The molecule has 0 fully saturated rings. The van der Waals surface area contributed by atoms with Gasteiger partial charge in [0.1, 0.15) is 11.6 Å². The molecule has 2 rings (SSSR count). The van der Waals surface area contributed by atoms with Gasteiger partial charge >= 0.3 is 0 Å². The van der Waals surface area contributed by atoms with Crippen LogP contribution in [0.15, 0.2) is 42.5 Å². The Kier molecular flexibility index (Phi) is 5.71. The van der Waals surface area contributed by atoms with Crippen molar-refractivity contribution in [2.75, 3.05) is 6.54 Å². The second-order valence-corrected chi connectivity index (χ2v) is 5.48. The van der Waals surface area contributed by atoms with Gasteiger partial charge in [-0.25, -0.2) is 8.78 Å². The summed E-state index contributed by atoms with van der Waals surface area (Å²) < 4.78 is 26.8. The molecule has 0 bridgehead atoms. The third-order valence-electron chi connectivity index (χ3n) is 3.26. The van der Waals surface area contributed by atoms with E-state index in [0.29, 0.717) is 17.0 Å². The molecule has 4 heteroatoms. The van der Waals surface area contributed by atoms with E-state index in [-0.39, 0.29) is 6.04 Å². The van der Waals surface area contributed by atoms with Crippen molar-refractivity contribution in [3.8, 4) is 0 Å².